The molecule has 5 heteroatoms. The van der Waals surface area contributed by atoms with Crippen LogP contribution in [-0.4, -0.2) is 35.4 Å². The van der Waals surface area contributed by atoms with Crippen molar-refractivity contribution in [3.8, 4) is 0 Å². The average molecular weight is 225 g/mol. The summed E-state index contributed by atoms with van der Waals surface area (Å²) in [7, 11) is 1.77. The summed E-state index contributed by atoms with van der Waals surface area (Å²) in [4.78, 5) is 11.5. The van der Waals surface area contributed by atoms with Crippen LogP contribution in [0.4, 0.5) is 0 Å². The van der Waals surface area contributed by atoms with Crippen LogP contribution in [-0.2, 0) is 18.3 Å². The molecule has 1 aromatic heterocycles. The highest BCUT2D eigenvalue weighted by Crippen LogP contribution is 2.10. The van der Waals surface area contributed by atoms with E-state index in [-0.39, 0.29) is 5.69 Å². The van der Waals surface area contributed by atoms with Gasteiger partial charge in [-0.25, -0.2) is 4.79 Å². The van der Waals surface area contributed by atoms with E-state index < -0.39 is 0 Å². The second kappa shape index (κ2) is 5.32. The molecule has 1 aliphatic rings. The van der Waals surface area contributed by atoms with Gasteiger partial charge in [-0.3, -0.25) is 4.57 Å². The van der Waals surface area contributed by atoms with Crippen molar-refractivity contribution in [3.05, 3.63) is 22.9 Å². The third-order valence-corrected chi connectivity index (χ3v) is 3.00. The fourth-order valence-corrected chi connectivity index (χ4v) is 1.93. The minimum Gasteiger partial charge on any atom is -0.381 e. The Morgan fingerprint density at radius 1 is 1.56 bits per heavy atom. The summed E-state index contributed by atoms with van der Waals surface area (Å²) < 4.78 is 8.60. The Kier molecular flexibility index (Phi) is 3.79. The summed E-state index contributed by atoms with van der Waals surface area (Å²) in [6, 6.07) is 0. The third-order valence-electron chi connectivity index (χ3n) is 3.00. The second-order valence-corrected chi connectivity index (χ2v) is 4.32. The second-order valence-electron chi connectivity index (χ2n) is 4.32. The number of hydrogen-bond donors (Lipinski definition) is 1. The number of nitrogens with one attached hydrogen (secondary N) is 1. The summed E-state index contributed by atoms with van der Waals surface area (Å²) in [6.45, 7) is 4.32. The lowest BCUT2D eigenvalue weighted by molar-refractivity contribution is 0.185. The lowest BCUT2D eigenvalue weighted by Crippen LogP contribution is -2.30. The van der Waals surface area contributed by atoms with E-state index in [1.165, 1.54) is 0 Å². The lowest BCUT2D eigenvalue weighted by atomic mass is 10.1. The smallest absolute Gasteiger partial charge is 0.327 e. The van der Waals surface area contributed by atoms with E-state index in [1.807, 2.05) is 6.20 Å². The van der Waals surface area contributed by atoms with Gasteiger partial charge in [0.1, 0.15) is 0 Å². The number of aryl methyl sites for hydroxylation is 1. The molecule has 1 aromatic rings. The first-order valence-electron chi connectivity index (χ1n) is 5.77. The zero-order valence-corrected chi connectivity index (χ0v) is 9.69. The largest absolute Gasteiger partial charge is 0.381 e. The van der Waals surface area contributed by atoms with E-state index >= 15 is 0 Å². The quantitative estimate of drug-likeness (QED) is 0.707. The summed E-state index contributed by atoms with van der Waals surface area (Å²) in [5.74, 6) is 0.646. The van der Waals surface area contributed by atoms with Gasteiger partial charge < -0.3 is 14.6 Å². The standard InChI is InChI=1S/C11H19N3O2/c1-13-5-6-14(11(13)15)4-3-12-8-10-2-7-16-9-10/h5-6,10,12H,2-4,7-9H2,1H3. The van der Waals surface area contributed by atoms with E-state index in [4.69, 9.17) is 4.74 Å². The van der Waals surface area contributed by atoms with Crippen LogP contribution in [0.1, 0.15) is 6.42 Å². The van der Waals surface area contributed by atoms with Crippen molar-refractivity contribution in [2.45, 2.75) is 13.0 Å². The Labute approximate surface area is 95.0 Å². The molecule has 1 atom stereocenters. The number of nitrogens with zero attached hydrogens (tertiary/aromatic N) is 2. The Balaban J connectivity index is 1.68. The number of hydrogen-bond acceptors (Lipinski definition) is 3. The maximum absolute atomic E-state index is 11.5. The summed E-state index contributed by atoms with van der Waals surface area (Å²) in [5, 5.41) is 3.36. The van der Waals surface area contributed by atoms with Crippen molar-refractivity contribution in [2.75, 3.05) is 26.3 Å². The molecule has 1 fully saturated rings. The first kappa shape index (κ1) is 11.4. The predicted molar refractivity (Wildman–Crippen MR) is 61.5 cm³/mol. The van der Waals surface area contributed by atoms with Crippen molar-refractivity contribution in [1.29, 1.82) is 0 Å². The third kappa shape index (κ3) is 2.74. The van der Waals surface area contributed by atoms with E-state index in [1.54, 1.807) is 22.4 Å². The molecule has 0 saturated carbocycles. The number of ether oxygens (including phenoxy) is 1. The monoisotopic (exact) mass is 225 g/mol. The zero-order chi connectivity index (χ0) is 11.4. The topological polar surface area (TPSA) is 48.2 Å². The first-order valence-corrected chi connectivity index (χ1v) is 5.77. The van der Waals surface area contributed by atoms with Gasteiger partial charge in [0.2, 0.25) is 0 Å². The molecule has 0 radical (unpaired) electrons. The van der Waals surface area contributed by atoms with Crippen molar-refractivity contribution < 1.29 is 4.74 Å². The number of imidazole rings is 1. The molecule has 2 rings (SSSR count). The molecule has 16 heavy (non-hydrogen) atoms. The van der Waals surface area contributed by atoms with Gasteiger partial charge in [0.15, 0.2) is 0 Å². The molecule has 90 valence electrons. The molecule has 1 saturated heterocycles. The number of rotatable bonds is 5. The summed E-state index contributed by atoms with van der Waals surface area (Å²) in [5.41, 5.74) is 0.0472. The van der Waals surface area contributed by atoms with Crippen LogP contribution >= 0.6 is 0 Å². The lowest BCUT2D eigenvalue weighted by Gasteiger charge is -2.09. The normalized spacial score (nSPS) is 20.4. The van der Waals surface area contributed by atoms with Crippen LogP contribution in [0.5, 0.6) is 0 Å². The van der Waals surface area contributed by atoms with E-state index in [0.29, 0.717) is 5.92 Å². The molecular weight excluding hydrogens is 206 g/mol. The van der Waals surface area contributed by atoms with Gasteiger partial charge in [0, 0.05) is 45.7 Å². The fourth-order valence-electron chi connectivity index (χ4n) is 1.93. The van der Waals surface area contributed by atoms with E-state index in [9.17, 15) is 4.79 Å². The average Bonchev–Trinajstić information content (AvgIpc) is 2.88. The molecule has 0 bridgehead atoms. The molecule has 2 heterocycles. The van der Waals surface area contributed by atoms with Gasteiger partial charge in [-0.2, -0.15) is 0 Å². The Morgan fingerprint density at radius 3 is 3.06 bits per heavy atom. The van der Waals surface area contributed by atoms with Crippen LogP contribution in [0.3, 0.4) is 0 Å². The van der Waals surface area contributed by atoms with Crippen molar-refractivity contribution in [1.82, 2.24) is 14.5 Å². The maximum Gasteiger partial charge on any atom is 0.327 e. The predicted octanol–water partition coefficient (Wildman–Crippen LogP) is -0.187. The molecule has 0 aliphatic carbocycles. The van der Waals surface area contributed by atoms with Gasteiger partial charge >= 0.3 is 5.69 Å². The van der Waals surface area contributed by atoms with E-state index in [2.05, 4.69) is 5.32 Å². The Morgan fingerprint density at radius 2 is 2.44 bits per heavy atom. The van der Waals surface area contributed by atoms with Crippen molar-refractivity contribution in [3.63, 3.8) is 0 Å². The van der Waals surface area contributed by atoms with Crippen LogP contribution < -0.4 is 11.0 Å². The van der Waals surface area contributed by atoms with Crippen LogP contribution in [0.15, 0.2) is 17.2 Å². The minimum atomic E-state index is 0.0472. The van der Waals surface area contributed by atoms with Crippen LogP contribution in [0.25, 0.3) is 0 Å². The number of aromatic nitrogens is 2. The molecule has 5 nitrogen and oxygen atoms in total. The highest BCUT2D eigenvalue weighted by Gasteiger charge is 2.14. The van der Waals surface area contributed by atoms with E-state index in [0.717, 1.165) is 39.3 Å². The molecule has 1 aliphatic heterocycles. The summed E-state index contributed by atoms with van der Waals surface area (Å²) in [6.07, 6.45) is 4.76. The van der Waals surface area contributed by atoms with Gasteiger partial charge in [-0.15, -0.1) is 0 Å². The fraction of sp³-hybridized carbons (Fsp3) is 0.727. The van der Waals surface area contributed by atoms with Crippen LogP contribution in [0.2, 0.25) is 0 Å². The van der Waals surface area contributed by atoms with Crippen molar-refractivity contribution >= 4 is 0 Å². The Hall–Kier alpha value is -1.07. The van der Waals surface area contributed by atoms with Gasteiger partial charge in [-0.1, -0.05) is 0 Å². The zero-order valence-electron chi connectivity index (χ0n) is 9.69. The minimum absolute atomic E-state index is 0.0472. The van der Waals surface area contributed by atoms with Gasteiger partial charge in [0.25, 0.3) is 0 Å². The highest BCUT2D eigenvalue weighted by molar-refractivity contribution is 4.80. The SMILES string of the molecule is Cn1ccn(CCNCC2CCOC2)c1=O. The Bertz CT molecular complexity index is 377. The molecule has 1 N–H and O–H groups in total. The van der Waals surface area contributed by atoms with Crippen molar-refractivity contribution in [2.24, 2.45) is 13.0 Å². The molecule has 1 unspecified atom stereocenters. The van der Waals surface area contributed by atoms with Crippen LogP contribution in [0, 0.1) is 5.92 Å². The van der Waals surface area contributed by atoms with Gasteiger partial charge in [0.05, 0.1) is 6.61 Å². The first-order chi connectivity index (χ1) is 7.77. The molecule has 0 spiro atoms. The molecule has 0 amide bonds. The molecular formula is C11H19N3O2. The molecule has 0 aromatic carbocycles. The summed E-state index contributed by atoms with van der Waals surface area (Å²) >= 11 is 0. The maximum atomic E-state index is 11.5. The highest BCUT2D eigenvalue weighted by atomic mass is 16.5. The van der Waals surface area contributed by atoms with Gasteiger partial charge in [-0.05, 0) is 12.3 Å².